The molecule has 1 nitrogen and oxygen atoms in total. The number of fused-ring (bicyclic) bond motifs is 1. The van der Waals surface area contributed by atoms with Crippen LogP contribution in [0.3, 0.4) is 0 Å². The second kappa shape index (κ2) is 6.24. The highest BCUT2D eigenvalue weighted by atomic mass is 14.7. The number of aromatic nitrogens is 1. The lowest BCUT2D eigenvalue weighted by atomic mass is 9.80. The fourth-order valence-electron chi connectivity index (χ4n) is 3.51. The van der Waals surface area contributed by atoms with Crippen LogP contribution >= 0.6 is 0 Å². The van der Waals surface area contributed by atoms with Crippen molar-refractivity contribution in [2.45, 2.75) is 64.2 Å². The van der Waals surface area contributed by atoms with Gasteiger partial charge < -0.3 is 0 Å². The molecule has 116 valence electrons. The van der Waals surface area contributed by atoms with Gasteiger partial charge in [-0.1, -0.05) is 51.1 Å². The molecular weight excluding hydrogens is 266 g/mol. The minimum atomic E-state index is 0.132. The average Bonchev–Trinajstić information content (AvgIpc) is 2.52. The first-order valence-corrected chi connectivity index (χ1v) is 8.58. The lowest BCUT2D eigenvalue weighted by molar-refractivity contribution is 0.514. The number of hydrogen-bond acceptors (Lipinski definition) is 1. The lowest BCUT2D eigenvalue weighted by Gasteiger charge is -2.25. The van der Waals surface area contributed by atoms with Gasteiger partial charge in [-0.05, 0) is 61.3 Å². The highest BCUT2D eigenvalue weighted by Gasteiger charge is 2.20. The molecule has 2 aromatic rings. The van der Waals surface area contributed by atoms with Gasteiger partial charge in [0.1, 0.15) is 0 Å². The fraction of sp³-hybridized carbons (Fsp3) is 0.476. The van der Waals surface area contributed by atoms with E-state index in [1.165, 1.54) is 37.1 Å². The van der Waals surface area contributed by atoms with Crippen LogP contribution in [-0.2, 0) is 18.3 Å². The van der Waals surface area contributed by atoms with Crippen LogP contribution in [0.15, 0.2) is 42.5 Å². The Bertz CT molecular complexity index is 636. The van der Waals surface area contributed by atoms with E-state index in [1.54, 1.807) is 11.1 Å². The first-order chi connectivity index (χ1) is 10.5. The van der Waals surface area contributed by atoms with E-state index in [1.807, 2.05) is 0 Å². The zero-order valence-corrected chi connectivity index (χ0v) is 14.1. The minimum absolute atomic E-state index is 0.132. The van der Waals surface area contributed by atoms with Crippen molar-refractivity contribution in [2.24, 2.45) is 0 Å². The third-order valence-corrected chi connectivity index (χ3v) is 4.82. The van der Waals surface area contributed by atoms with Crippen molar-refractivity contribution in [2.75, 3.05) is 0 Å². The number of aryl methyl sites for hydroxylation is 2. The molecule has 22 heavy (non-hydrogen) atoms. The standard InChI is InChI=1S/C21H27N/c1-21(2,3)20-13-7-11-18(22-20)15-14-17-10-6-9-16-8-4-5-12-19(16)17/h4-5,7-8,11-13,17H,6,9-10,14-15H2,1-3H3. The summed E-state index contributed by atoms with van der Waals surface area (Å²) in [6.07, 6.45) is 6.22. The average molecular weight is 293 g/mol. The monoisotopic (exact) mass is 293 g/mol. The van der Waals surface area contributed by atoms with Crippen molar-refractivity contribution in [1.29, 1.82) is 0 Å². The molecule has 0 saturated heterocycles. The van der Waals surface area contributed by atoms with Gasteiger partial charge in [-0.2, -0.15) is 0 Å². The zero-order chi connectivity index (χ0) is 15.6. The van der Waals surface area contributed by atoms with Gasteiger partial charge in [-0.3, -0.25) is 4.98 Å². The molecule has 0 amide bonds. The largest absolute Gasteiger partial charge is 0.257 e. The molecule has 1 aliphatic carbocycles. The third-order valence-electron chi connectivity index (χ3n) is 4.82. The van der Waals surface area contributed by atoms with Crippen LogP contribution in [-0.4, -0.2) is 4.98 Å². The Morgan fingerprint density at radius 3 is 2.68 bits per heavy atom. The maximum absolute atomic E-state index is 4.88. The van der Waals surface area contributed by atoms with Gasteiger partial charge in [-0.25, -0.2) is 0 Å². The molecule has 0 radical (unpaired) electrons. The molecule has 0 saturated carbocycles. The molecule has 0 bridgehead atoms. The Hall–Kier alpha value is -1.63. The molecule has 1 aromatic carbocycles. The molecule has 0 fully saturated rings. The number of nitrogens with zero attached hydrogens (tertiary/aromatic N) is 1. The normalized spacial score (nSPS) is 18.0. The van der Waals surface area contributed by atoms with E-state index in [0.717, 1.165) is 6.42 Å². The fourth-order valence-corrected chi connectivity index (χ4v) is 3.51. The number of benzene rings is 1. The lowest BCUT2D eigenvalue weighted by Crippen LogP contribution is -2.15. The topological polar surface area (TPSA) is 12.9 Å². The first kappa shape index (κ1) is 15.3. The van der Waals surface area contributed by atoms with Crippen LogP contribution in [0.4, 0.5) is 0 Å². The molecule has 0 aliphatic heterocycles. The van der Waals surface area contributed by atoms with Crippen LogP contribution in [0.2, 0.25) is 0 Å². The summed E-state index contributed by atoms with van der Waals surface area (Å²) in [6, 6.07) is 15.5. The van der Waals surface area contributed by atoms with Crippen molar-refractivity contribution in [1.82, 2.24) is 4.98 Å². The number of pyridine rings is 1. The van der Waals surface area contributed by atoms with Crippen LogP contribution in [0.1, 0.15) is 68.5 Å². The summed E-state index contributed by atoms with van der Waals surface area (Å²) in [7, 11) is 0. The second-order valence-corrected chi connectivity index (χ2v) is 7.59. The van der Waals surface area contributed by atoms with Crippen molar-refractivity contribution in [3.05, 3.63) is 65.0 Å². The van der Waals surface area contributed by atoms with Crippen LogP contribution in [0, 0.1) is 0 Å². The highest BCUT2D eigenvalue weighted by molar-refractivity contribution is 5.32. The van der Waals surface area contributed by atoms with Gasteiger partial charge >= 0.3 is 0 Å². The quantitative estimate of drug-likeness (QED) is 0.735. The molecule has 3 rings (SSSR count). The van der Waals surface area contributed by atoms with E-state index in [4.69, 9.17) is 4.98 Å². The minimum Gasteiger partial charge on any atom is -0.257 e. The molecule has 0 N–H and O–H groups in total. The summed E-state index contributed by atoms with van der Waals surface area (Å²) in [5.74, 6) is 0.713. The van der Waals surface area contributed by atoms with Gasteiger partial charge in [0.25, 0.3) is 0 Å². The zero-order valence-electron chi connectivity index (χ0n) is 14.1. The number of hydrogen-bond donors (Lipinski definition) is 0. The molecule has 1 heterocycles. The highest BCUT2D eigenvalue weighted by Crippen LogP contribution is 2.34. The summed E-state index contributed by atoms with van der Waals surface area (Å²) in [6.45, 7) is 6.70. The molecule has 1 atom stereocenters. The van der Waals surface area contributed by atoms with Crippen LogP contribution < -0.4 is 0 Å². The van der Waals surface area contributed by atoms with Gasteiger partial charge in [0, 0.05) is 16.8 Å². The Kier molecular flexibility index (Phi) is 4.33. The molecule has 1 heteroatoms. The van der Waals surface area contributed by atoms with Crippen molar-refractivity contribution < 1.29 is 0 Å². The molecule has 1 unspecified atom stereocenters. The van der Waals surface area contributed by atoms with Crippen LogP contribution in [0.5, 0.6) is 0 Å². The van der Waals surface area contributed by atoms with E-state index < -0.39 is 0 Å². The summed E-state index contributed by atoms with van der Waals surface area (Å²) in [5, 5.41) is 0. The van der Waals surface area contributed by atoms with Crippen LogP contribution in [0.25, 0.3) is 0 Å². The van der Waals surface area contributed by atoms with Gasteiger partial charge in [0.05, 0.1) is 0 Å². The molecule has 1 aliphatic rings. The Morgan fingerprint density at radius 2 is 1.86 bits per heavy atom. The summed E-state index contributed by atoms with van der Waals surface area (Å²) >= 11 is 0. The van der Waals surface area contributed by atoms with Crippen molar-refractivity contribution in [3.8, 4) is 0 Å². The Labute approximate surface area is 134 Å². The first-order valence-electron chi connectivity index (χ1n) is 8.58. The SMILES string of the molecule is CC(C)(C)c1cccc(CCC2CCCc3ccccc32)n1. The van der Waals surface area contributed by atoms with E-state index >= 15 is 0 Å². The van der Waals surface area contributed by atoms with E-state index in [9.17, 15) is 0 Å². The van der Waals surface area contributed by atoms with Crippen molar-refractivity contribution >= 4 is 0 Å². The van der Waals surface area contributed by atoms with E-state index in [-0.39, 0.29) is 5.41 Å². The smallest absolute Gasteiger partial charge is 0.0460 e. The molecule has 1 aromatic heterocycles. The Morgan fingerprint density at radius 1 is 1.05 bits per heavy atom. The predicted molar refractivity (Wildman–Crippen MR) is 93.4 cm³/mol. The maximum Gasteiger partial charge on any atom is 0.0460 e. The van der Waals surface area contributed by atoms with Gasteiger partial charge in [-0.15, -0.1) is 0 Å². The van der Waals surface area contributed by atoms with E-state index in [2.05, 4.69) is 63.2 Å². The second-order valence-electron chi connectivity index (χ2n) is 7.59. The molecular formula is C21H27N. The summed E-state index contributed by atoms with van der Waals surface area (Å²) in [5.41, 5.74) is 5.73. The summed E-state index contributed by atoms with van der Waals surface area (Å²) in [4.78, 5) is 4.88. The summed E-state index contributed by atoms with van der Waals surface area (Å²) < 4.78 is 0. The van der Waals surface area contributed by atoms with Crippen molar-refractivity contribution in [3.63, 3.8) is 0 Å². The Balaban J connectivity index is 1.71. The van der Waals surface area contributed by atoms with Gasteiger partial charge in [0.2, 0.25) is 0 Å². The third kappa shape index (κ3) is 3.40. The maximum atomic E-state index is 4.88. The number of rotatable bonds is 3. The van der Waals surface area contributed by atoms with E-state index in [0.29, 0.717) is 5.92 Å². The predicted octanol–water partition coefficient (Wildman–Crippen LogP) is 5.43. The molecule has 0 spiro atoms. The van der Waals surface area contributed by atoms with Gasteiger partial charge in [0.15, 0.2) is 0 Å².